The van der Waals surface area contributed by atoms with Gasteiger partial charge in [-0.3, -0.25) is 14.4 Å². The van der Waals surface area contributed by atoms with Crippen LogP contribution >= 0.6 is 11.3 Å². The number of amides is 1. The van der Waals surface area contributed by atoms with Gasteiger partial charge in [-0.05, 0) is 11.4 Å². The van der Waals surface area contributed by atoms with Gasteiger partial charge in [0.2, 0.25) is 5.78 Å². The number of benzene rings is 1. The Morgan fingerprint density at radius 2 is 1.86 bits per heavy atom. The standard InChI is InChI=1S/C21H22N2O4S/c24-19(15-5-2-1-3-6-15)17-18(16-7-4-14-28-16)23(21(26)20(17)25)9-8-22-10-12-27-13-11-22/h1-7,14,17-18H,8-13H2/p+1. The number of nitrogens with one attached hydrogen (secondary N) is 1. The van der Waals surface area contributed by atoms with Gasteiger partial charge in [-0.15, -0.1) is 11.3 Å². The van der Waals surface area contributed by atoms with Crippen molar-refractivity contribution in [2.75, 3.05) is 39.4 Å². The lowest BCUT2D eigenvalue weighted by Gasteiger charge is -2.29. The first kappa shape index (κ1) is 19.0. The first-order chi connectivity index (χ1) is 13.7. The number of carbonyl (C=O) groups is 3. The summed E-state index contributed by atoms with van der Waals surface area (Å²) in [5, 5.41) is 1.91. The van der Waals surface area contributed by atoms with Crippen molar-refractivity contribution in [1.29, 1.82) is 0 Å². The molecule has 2 aliphatic heterocycles. The van der Waals surface area contributed by atoms with E-state index < -0.39 is 23.7 Å². The zero-order valence-corrected chi connectivity index (χ0v) is 16.3. The van der Waals surface area contributed by atoms with Gasteiger partial charge in [0.1, 0.15) is 19.0 Å². The predicted molar refractivity (Wildman–Crippen MR) is 104 cm³/mol. The van der Waals surface area contributed by atoms with Crippen molar-refractivity contribution in [3.8, 4) is 0 Å². The van der Waals surface area contributed by atoms with Gasteiger partial charge in [0.25, 0.3) is 5.91 Å². The molecule has 146 valence electrons. The van der Waals surface area contributed by atoms with Gasteiger partial charge in [-0.2, -0.15) is 0 Å². The summed E-state index contributed by atoms with van der Waals surface area (Å²) in [5.41, 5.74) is 0.468. The van der Waals surface area contributed by atoms with Gasteiger partial charge >= 0.3 is 0 Å². The number of quaternary nitrogens is 1. The molecule has 28 heavy (non-hydrogen) atoms. The first-order valence-electron chi connectivity index (χ1n) is 9.55. The molecule has 6 nitrogen and oxygen atoms in total. The average molecular weight is 399 g/mol. The number of ketones is 2. The molecule has 0 aliphatic carbocycles. The fraction of sp³-hybridized carbons (Fsp3) is 0.381. The summed E-state index contributed by atoms with van der Waals surface area (Å²) in [6.07, 6.45) is 0. The fourth-order valence-electron chi connectivity index (χ4n) is 3.98. The number of Topliss-reactive ketones (excluding diaryl/α,β-unsaturated/α-hetero) is 2. The Kier molecular flexibility index (Phi) is 5.66. The molecule has 0 radical (unpaired) electrons. The second kappa shape index (κ2) is 8.34. The minimum atomic E-state index is -0.978. The van der Waals surface area contributed by atoms with Crippen molar-refractivity contribution in [3.63, 3.8) is 0 Å². The molecule has 7 heteroatoms. The minimum Gasteiger partial charge on any atom is -0.370 e. The van der Waals surface area contributed by atoms with E-state index in [1.165, 1.54) is 16.2 Å². The van der Waals surface area contributed by atoms with Crippen LogP contribution < -0.4 is 4.90 Å². The molecule has 2 aliphatic rings. The van der Waals surface area contributed by atoms with Crippen LogP contribution in [0.5, 0.6) is 0 Å². The van der Waals surface area contributed by atoms with Crippen molar-refractivity contribution in [2.45, 2.75) is 6.04 Å². The van der Waals surface area contributed by atoms with Crippen molar-refractivity contribution < 1.29 is 24.0 Å². The van der Waals surface area contributed by atoms with E-state index in [0.717, 1.165) is 24.5 Å². The van der Waals surface area contributed by atoms with E-state index in [2.05, 4.69) is 0 Å². The van der Waals surface area contributed by atoms with E-state index in [9.17, 15) is 14.4 Å². The zero-order valence-electron chi connectivity index (χ0n) is 15.5. The van der Waals surface area contributed by atoms with E-state index in [1.54, 1.807) is 29.2 Å². The molecule has 0 spiro atoms. The summed E-state index contributed by atoms with van der Waals surface area (Å²) in [6, 6.07) is 12.0. The van der Waals surface area contributed by atoms with Crippen LogP contribution in [0, 0.1) is 5.92 Å². The summed E-state index contributed by atoms with van der Waals surface area (Å²) >= 11 is 1.48. The van der Waals surface area contributed by atoms with Crippen LogP contribution in [0.1, 0.15) is 21.3 Å². The maximum absolute atomic E-state index is 13.1. The number of morpholine rings is 1. The summed E-state index contributed by atoms with van der Waals surface area (Å²) in [6.45, 7) is 4.42. The van der Waals surface area contributed by atoms with Gasteiger partial charge in [0.05, 0.1) is 32.3 Å². The van der Waals surface area contributed by atoms with E-state index in [4.69, 9.17) is 4.74 Å². The molecular formula is C21H23N2O4S+. The summed E-state index contributed by atoms with van der Waals surface area (Å²) in [7, 11) is 0. The highest BCUT2D eigenvalue weighted by molar-refractivity contribution is 7.10. The Bertz CT molecular complexity index is 847. The summed E-state index contributed by atoms with van der Waals surface area (Å²) < 4.78 is 5.39. The van der Waals surface area contributed by atoms with Crippen LogP contribution in [-0.2, 0) is 14.3 Å². The minimum absolute atomic E-state index is 0.279. The molecule has 2 saturated heterocycles. The molecule has 1 amide bonds. The van der Waals surface area contributed by atoms with Crippen molar-refractivity contribution in [3.05, 3.63) is 58.3 Å². The molecule has 4 rings (SSSR count). The molecule has 0 saturated carbocycles. The van der Waals surface area contributed by atoms with E-state index in [-0.39, 0.29) is 5.78 Å². The smallest absolute Gasteiger partial charge is 0.291 e. The van der Waals surface area contributed by atoms with Crippen LogP contribution in [0.25, 0.3) is 0 Å². The lowest BCUT2D eigenvalue weighted by Crippen LogP contribution is -3.14. The lowest BCUT2D eigenvalue weighted by molar-refractivity contribution is -0.907. The van der Waals surface area contributed by atoms with Crippen molar-refractivity contribution in [2.24, 2.45) is 5.92 Å². The molecule has 2 fully saturated rings. The summed E-state index contributed by atoms with van der Waals surface area (Å²) in [5.74, 6) is -2.39. The number of ether oxygens (including phenoxy) is 1. The van der Waals surface area contributed by atoms with Crippen LogP contribution in [0.2, 0.25) is 0 Å². The monoisotopic (exact) mass is 399 g/mol. The third-order valence-electron chi connectivity index (χ3n) is 5.49. The highest BCUT2D eigenvalue weighted by Crippen LogP contribution is 2.39. The van der Waals surface area contributed by atoms with Gasteiger partial charge in [-0.1, -0.05) is 36.4 Å². The molecule has 3 heterocycles. The number of hydrogen-bond acceptors (Lipinski definition) is 5. The number of rotatable bonds is 6. The highest BCUT2D eigenvalue weighted by atomic mass is 32.1. The Balaban J connectivity index is 1.61. The topological polar surface area (TPSA) is 68.1 Å². The Hall–Kier alpha value is -2.35. The largest absolute Gasteiger partial charge is 0.370 e. The quantitative estimate of drug-likeness (QED) is 0.439. The lowest BCUT2D eigenvalue weighted by atomic mass is 9.89. The molecule has 1 N–H and O–H groups in total. The average Bonchev–Trinajstić information content (AvgIpc) is 3.35. The first-order valence-corrected chi connectivity index (χ1v) is 10.4. The van der Waals surface area contributed by atoms with Crippen molar-refractivity contribution >= 4 is 28.8 Å². The molecule has 2 aromatic rings. The fourth-order valence-corrected chi connectivity index (χ4v) is 4.85. The molecule has 2 unspecified atom stereocenters. The Morgan fingerprint density at radius 1 is 1.11 bits per heavy atom. The molecule has 1 aromatic heterocycles. The van der Waals surface area contributed by atoms with Gasteiger partial charge in [-0.25, -0.2) is 0 Å². The second-order valence-corrected chi connectivity index (χ2v) is 8.12. The van der Waals surface area contributed by atoms with Crippen LogP contribution in [0.3, 0.4) is 0 Å². The second-order valence-electron chi connectivity index (χ2n) is 7.14. The Labute approximate surface area is 167 Å². The van der Waals surface area contributed by atoms with E-state index in [1.807, 2.05) is 23.6 Å². The van der Waals surface area contributed by atoms with Gasteiger partial charge in [0, 0.05) is 10.4 Å². The van der Waals surface area contributed by atoms with Crippen LogP contribution in [-0.4, -0.2) is 61.8 Å². The predicted octanol–water partition coefficient (Wildman–Crippen LogP) is 0.615. The van der Waals surface area contributed by atoms with E-state index >= 15 is 0 Å². The number of nitrogens with zero attached hydrogens (tertiary/aromatic N) is 1. The Morgan fingerprint density at radius 3 is 2.54 bits per heavy atom. The summed E-state index contributed by atoms with van der Waals surface area (Å²) in [4.78, 5) is 42.7. The number of likely N-dealkylation sites (tertiary alicyclic amines) is 1. The SMILES string of the molecule is O=C1C(=O)N(CC[NH+]2CCOCC2)C(c2cccs2)C1C(=O)c1ccccc1. The zero-order chi connectivity index (χ0) is 19.5. The van der Waals surface area contributed by atoms with Crippen LogP contribution in [0.4, 0.5) is 0 Å². The number of thiophene rings is 1. The normalized spacial score (nSPS) is 23.4. The molecule has 0 bridgehead atoms. The number of hydrogen-bond donors (Lipinski definition) is 1. The van der Waals surface area contributed by atoms with Gasteiger partial charge in [0.15, 0.2) is 5.78 Å². The molecule has 1 aromatic carbocycles. The molecule has 2 atom stereocenters. The number of carbonyl (C=O) groups excluding carboxylic acids is 3. The van der Waals surface area contributed by atoms with Crippen LogP contribution in [0.15, 0.2) is 47.8 Å². The maximum Gasteiger partial charge on any atom is 0.291 e. The van der Waals surface area contributed by atoms with Crippen molar-refractivity contribution in [1.82, 2.24) is 4.90 Å². The third kappa shape index (κ3) is 3.65. The third-order valence-corrected chi connectivity index (χ3v) is 6.43. The molecular weight excluding hydrogens is 376 g/mol. The van der Waals surface area contributed by atoms with E-state index in [0.29, 0.717) is 25.3 Å². The van der Waals surface area contributed by atoms with Gasteiger partial charge < -0.3 is 14.5 Å². The maximum atomic E-state index is 13.1. The highest BCUT2D eigenvalue weighted by Gasteiger charge is 2.52.